The molecule has 2 fully saturated rings. The summed E-state index contributed by atoms with van der Waals surface area (Å²) in [6, 6.07) is 0.0826. The third kappa shape index (κ3) is 3.83. The number of aryl methyl sites for hydroxylation is 1. The molecule has 3 rings (SSSR count). The van der Waals surface area contributed by atoms with E-state index in [1.165, 1.54) is 0 Å². The topological polar surface area (TPSA) is 98.4 Å². The molecule has 1 aromatic heterocycles. The van der Waals surface area contributed by atoms with Crippen LogP contribution in [0.5, 0.6) is 0 Å². The van der Waals surface area contributed by atoms with Crippen molar-refractivity contribution in [2.45, 2.75) is 51.6 Å². The first kappa shape index (κ1) is 17.4. The van der Waals surface area contributed by atoms with E-state index in [-0.39, 0.29) is 29.8 Å². The lowest BCUT2D eigenvalue weighted by molar-refractivity contribution is -0.134. The number of amides is 3. The Morgan fingerprint density at radius 2 is 2.16 bits per heavy atom. The summed E-state index contributed by atoms with van der Waals surface area (Å²) in [6.45, 7) is 5.40. The fourth-order valence-electron chi connectivity index (χ4n) is 3.54. The number of H-pyrrole nitrogens is 1. The van der Waals surface area contributed by atoms with Crippen LogP contribution in [0, 0.1) is 6.92 Å². The summed E-state index contributed by atoms with van der Waals surface area (Å²) in [7, 11) is 0. The van der Waals surface area contributed by atoms with Crippen molar-refractivity contribution in [3.05, 3.63) is 17.5 Å². The zero-order chi connectivity index (χ0) is 18.0. The minimum Gasteiger partial charge on any atom is -0.353 e. The second-order valence-electron chi connectivity index (χ2n) is 6.96. The van der Waals surface area contributed by atoms with E-state index in [1.54, 1.807) is 11.1 Å². The summed E-state index contributed by atoms with van der Waals surface area (Å²) in [6.07, 6.45) is 4.13. The summed E-state index contributed by atoms with van der Waals surface area (Å²) in [5, 5.41) is 9.55. The van der Waals surface area contributed by atoms with Gasteiger partial charge >= 0.3 is 0 Å². The van der Waals surface area contributed by atoms with Crippen molar-refractivity contribution in [3.8, 4) is 0 Å². The maximum atomic E-state index is 12.6. The molecule has 1 aromatic rings. The van der Waals surface area contributed by atoms with Crippen molar-refractivity contribution in [3.63, 3.8) is 0 Å². The Morgan fingerprint density at radius 3 is 2.76 bits per heavy atom. The second kappa shape index (κ2) is 7.25. The number of nitrogens with one attached hydrogen (secondary N) is 2. The lowest BCUT2D eigenvalue weighted by atomic mass is 10.1. The molecule has 2 aliphatic rings. The molecule has 2 saturated heterocycles. The van der Waals surface area contributed by atoms with E-state index >= 15 is 0 Å². The van der Waals surface area contributed by atoms with Crippen LogP contribution < -0.4 is 5.32 Å². The van der Waals surface area contributed by atoms with Crippen molar-refractivity contribution < 1.29 is 14.4 Å². The Balaban J connectivity index is 1.51. The lowest BCUT2D eigenvalue weighted by Gasteiger charge is -2.40. The SMILES string of the molecule is Cc1cn[nH]c1C(=O)N1CCN(C(=O)CCC2CCC(=O)N2)CC1C. The number of nitrogens with zero attached hydrogens (tertiary/aromatic N) is 3. The van der Waals surface area contributed by atoms with Gasteiger partial charge in [0.1, 0.15) is 5.69 Å². The molecule has 0 aliphatic carbocycles. The average Bonchev–Trinajstić information content (AvgIpc) is 3.20. The zero-order valence-electron chi connectivity index (χ0n) is 14.7. The van der Waals surface area contributed by atoms with Crippen molar-refractivity contribution in [2.75, 3.05) is 19.6 Å². The number of piperazine rings is 1. The van der Waals surface area contributed by atoms with E-state index in [4.69, 9.17) is 0 Å². The van der Waals surface area contributed by atoms with Gasteiger partial charge in [-0.2, -0.15) is 5.10 Å². The van der Waals surface area contributed by atoms with Gasteiger partial charge in [0.2, 0.25) is 11.8 Å². The van der Waals surface area contributed by atoms with Crippen LogP contribution in [0.4, 0.5) is 0 Å². The van der Waals surface area contributed by atoms with Gasteiger partial charge in [0.25, 0.3) is 5.91 Å². The largest absolute Gasteiger partial charge is 0.353 e. The first-order chi connectivity index (χ1) is 12.0. The van der Waals surface area contributed by atoms with E-state index in [0.29, 0.717) is 44.6 Å². The molecule has 2 aliphatic heterocycles. The van der Waals surface area contributed by atoms with Gasteiger partial charge in [-0.1, -0.05) is 0 Å². The smallest absolute Gasteiger partial charge is 0.272 e. The highest BCUT2D eigenvalue weighted by atomic mass is 16.2. The minimum absolute atomic E-state index is 0.0425. The number of hydrogen-bond acceptors (Lipinski definition) is 4. The molecule has 2 unspecified atom stereocenters. The van der Waals surface area contributed by atoms with Gasteiger partial charge in [0.15, 0.2) is 0 Å². The van der Waals surface area contributed by atoms with Crippen molar-refractivity contribution in [1.82, 2.24) is 25.3 Å². The van der Waals surface area contributed by atoms with E-state index in [1.807, 2.05) is 18.7 Å². The summed E-state index contributed by atoms with van der Waals surface area (Å²) < 4.78 is 0. The molecule has 0 saturated carbocycles. The van der Waals surface area contributed by atoms with Crippen LogP contribution in [-0.4, -0.2) is 69.4 Å². The summed E-state index contributed by atoms with van der Waals surface area (Å²) in [4.78, 5) is 39.9. The standard InChI is InChI=1S/C17H25N5O3/c1-11-9-18-20-16(11)17(25)22-8-7-21(10-12(22)2)15(24)6-4-13-3-5-14(23)19-13/h9,12-13H,3-8,10H2,1-2H3,(H,18,20)(H,19,23). The molecule has 8 nitrogen and oxygen atoms in total. The molecule has 136 valence electrons. The molecular formula is C17H25N5O3. The molecule has 0 bridgehead atoms. The zero-order valence-corrected chi connectivity index (χ0v) is 14.7. The second-order valence-corrected chi connectivity index (χ2v) is 6.96. The molecule has 2 atom stereocenters. The molecule has 8 heteroatoms. The summed E-state index contributed by atoms with van der Waals surface area (Å²) in [5.74, 6) is 0.105. The van der Waals surface area contributed by atoms with E-state index < -0.39 is 0 Å². The molecule has 2 N–H and O–H groups in total. The van der Waals surface area contributed by atoms with E-state index in [0.717, 1.165) is 12.0 Å². The van der Waals surface area contributed by atoms with Crippen LogP contribution in [0.1, 0.15) is 48.7 Å². The van der Waals surface area contributed by atoms with Gasteiger partial charge in [-0.15, -0.1) is 0 Å². The highest BCUT2D eigenvalue weighted by Crippen LogP contribution is 2.17. The molecule has 0 spiro atoms. The molecular weight excluding hydrogens is 322 g/mol. The predicted octanol–water partition coefficient (Wildman–Crippen LogP) is 0.450. The minimum atomic E-state index is -0.0664. The first-order valence-electron chi connectivity index (χ1n) is 8.83. The Morgan fingerprint density at radius 1 is 1.36 bits per heavy atom. The fourth-order valence-corrected chi connectivity index (χ4v) is 3.54. The maximum Gasteiger partial charge on any atom is 0.272 e. The Bertz CT molecular complexity index is 671. The number of carbonyl (C=O) groups excluding carboxylic acids is 3. The van der Waals surface area contributed by atoms with Gasteiger partial charge in [-0.25, -0.2) is 0 Å². The van der Waals surface area contributed by atoms with Gasteiger partial charge in [-0.05, 0) is 32.3 Å². The number of aromatic nitrogens is 2. The lowest BCUT2D eigenvalue weighted by Crippen LogP contribution is -2.55. The van der Waals surface area contributed by atoms with Gasteiger partial charge in [0, 0.05) is 44.6 Å². The van der Waals surface area contributed by atoms with Gasteiger partial charge in [-0.3, -0.25) is 19.5 Å². The number of aromatic amines is 1. The van der Waals surface area contributed by atoms with Crippen molar-refractivity contribution in [1.29, 1.82) is 0 Å². The van der Waals surface area contributed by atoms with Crippen molar-refractivity contribution >= 4 is 17.7 Å². The number of hydrogen-bond donors (Lipinski definition) is 2. The highest BCUT2D eigenvalue weighted by molar-refractivity contribution is 5.94. The molecule has 0 aromatic carbocycles. The van der Waals surface area contributed by atoms with Gasteiger partial charge < -0.3 is 15.1 Å². The number of rotatable bonds is 4. The van der Waals surface area contributed by atoms with Crippen LogP contribution in [0.3, 0.4) is 0 Å². The first-order valence-corrected chi connectivity index (χ1v) is 8.83. The summed E-state index contributed by atoms with van der Waals surface area (Å²) >= 11 is 0. The predicted molar refractivity (Wildman–Crippen MR) is 90.8 cm³/mol. The molecule has 3 amide bonds. The van der Waals surface area contributed by atoms with Crippen LogP contribution >= 0.6 is 0 Å². The van der Waals surface area contributed by atoms with Crippen molar-refractivity contribution in [2.24, 2.45) is 0 Å². The van der Waals surface area contributed by atoms with E-state index in [9.17, 15) is 14.4 Å². The monoisotopic (exact) mass is 347 g/mol. The Hall–Kier alpha value is -2.38. The normalized spacial score (nSPS) is 23.7. The maximum absolute atomic E-state index is 12.6. The van der Waals surface area contributed by atoms with Crippen LogP contribution in [-0.2, 0) is 9.59 Å². The molecule has 0 radical (unpaired) electrons. The highest BCUT2D eigenvalue weighted by Gasteiger charge is 2.31. The third-order valence-electron chi connectivity index (χ3n) is 5.08. The molecule has 3 heterocycles. The average molecular weight is 347 g/mol. The Labute approximate surface area is 146 Å². The van der Waals surface area contributed by atoms with Crippen LogP contribution in [0.2, 0.25) is 0 Å². The fraction of sp³-hybridized carbons (Fsp3) is 0.647. The van der Waals surface area contributed by atoms with Gasteiger partial charge in [0.05, 0.1) is 6.20 Å². The third-order valence-corrected chi connectivity index (χ3v) is 5.08. The quantitative estimate of drug-likeness (QED) is 0.826. The molecule has 25 heavy (non-hydrogen) atoms. The summed E-state index contributed by atoms with van der Waals surface area (Å²) in [5.41, 5.74) is 1.35. The van der Waals surface area contributed by atoms with Crippen LogP contribution in [0.15, 0.2) is 6.20 Å². The van der Waals surface area contributed by atoms with E-state index in [2.05, 4.69) is 15.5 Å². The van der Waals surface area contributed by atoms with Crippen LogP contribution in [0.25, 0.3) is 0 Å². The Kier molecular flexibility index (Phi) is 5.06. The number of carbonyl (C=O) groups is 3.